The van der Waals surface area contributed by atoms with Crippen LogP contribution in [-0.4, -0.2) is 41.8 Å². The average Bonchev–Trinajstić information content (AvgIpc) is 3.21. The Hall–Kier alpha value is -1.86. The van der Waals surface area contributed by atoms with E-state index in [1.165, 1.54) is 0 Å². The van der Waals surface area contributed by atoms with Crippen LogP contribution in [0.4, 0.5) is 5.69 Å². The SMILES string of the molecule is O=C1Cc2cc(C3=NNC(=NCC4CCCO4)SC3)ccc2N1. The highest BCUT2D eigenvalue weighted by Gasteiger charge is 2.20. The zero-order valence-corrected chi connectivity index (χ0v) is 13.5. The molecule has 1 atom stereocenters. The molecule has 7 heteroatoms. The minimum absolute atomic E-state index is 0.0544. The van der Waals surface area contributed by atoms with Crippen molar-refractivity contribution in [1.82, 2.24) is 5.43 Å². The zero-order chi connectivity index (χ0) is 15.6. The molecule has 0 radical (unpaired) electrons. The fourth-order valence-electron chi connectivity index (χ4n) is 2.93. The maximum absolute atomic E-state index is 11.4. The molecule has 1 aromatic carbocycles. The summed E-state index contributed by atoms with van der Waals surface area (Å²) < 4.78 is 5.57. The van der Waals surface area contributed by atoms with Crippen molar-refractivity contribution >= 4 is 34.2 Å². The summed E-state index contributed by atoms with van der Waals surface area (Å²) in [6.45, 7) is 1.56. The predicted octanol–water partition coefficient (Wildman–Crippen LogP) is 1.76. The van der Waals surface area contributed by atoms with Gasteiger partial charge in [0.1, 0.15) is 0 Å². The summed E-state index contributed by atoms with van der Waals surface area (Å²) in [7, 11) is 0. The third kappa shape index (κ3) is 3.25. The van der Waals surface area contributed by atoms with Crippen LogP contribution in [0, 0.1) is 0 Å². The fraction of sp³-hybridized carbons (Fsp3) is 0.438. The minimum atomic E-state index is 0.0544. The smallest absolute Gasteiger partial charge is 0.228 e. The molecule has 1 amide bonds. The summed E-state index contributed by atoms with van der Waals surface area (Å²) in [5, 5.41) is 8.14. The highest BCUT2D eigenvalue weighted by Crippen LogP contribution is 2.25. The number of amidine groups is 1. The molecule has 4 rings (SSSR count). The van der Waals surface area contributed by atoms with E-state index in [0.29, 0.717) is 13.0 Å². The van der Waals surface area contributed by atoms with E-state index in [-0.39, 0.29) is 12.0 Å². The van der Waals surface area contributed by atoms with E-state index in [1.807, 2.05) is 18.2 Å². The first-order chi connectivity index (χ1) is 11.3. The Balaban J connectivity index is 1.42. The Morgan fingerprint density at radius 1 is 1.43 bits per heavy atom. The second-order valence-corrected chi connectivity index (χ2v) is 6.80. The molecule has 0 saturated carbocycles. The van der Waals surface area contributed by atoms with Gasteiger partial charge in [0.05, 0.1) is 24.8 Å². The fourth-order valence-corrected chi connectivity index (χ4v) is 3.71. The Morgan fingerprint density at radius 3 is 3.17 bits per heavy atom. The van der Waals surface area contributed by atoms with Gasteiger partial charge in [0.2, 0.25) is 5.91 Å². The van der Waals surface area contributed by atoms with E-state index in [2.05, 4.69) is 20.8 Å². The summed E-state index contributed by atoms with van der Waals surface area (Å²) in [5.74, 6) is 0.830. The zero-order valence-electron chi connectivity index (χ0n) is 12.7. The van der Waals surface area contributed by atoms with Crippen molar-refractivity contribution in [2.45, 2.75) is 25.4 Å². The summed E-state index contributed by atoms with van der Waals surface area (Å²) in [6.07, 6.45) is 2.94. The molecule has 120 valence electrons. The number of hydrogen-bond acceptors (Lipinski definition) is 5. The second-order valence-electron chi connectivity index (χ2n) is 5.84. The quantitative estimate of drug-likeness (QED) is 0.885. The number of carbonyl (C=O) groups is 1. The molecule has 1 aromatic rings. The molecule has 1 unspecified atom stereocenters. The first-order valence-corrected chi connectivity index (χ1v) is 8.81. The van der Waals surface area contributed by atoms with E-state index in [9.17, 15) is 4.79 Å². The number of ether oxygens (including phenoxy) is 1. The van der Waals surface area contributed by atoms with Crippen LogP contribution in [-0.2, 0) is 16.0 Å². The molecule has 0 bridgehead atoms. The Kier molecular flexibility index (Phi) is 4.05. The van der Waals surface area contributed by atoms with E-state index in [1.54, 1.807) is 11.8 Å². The number of carbonyl (C=O) groups excluding carboxylic acids is 1. The van der Waals surface area contributed by atoms with E-state index < -0.39 is 0 Å². The third-order valence-corrected chi connectivity index (χ3v) is 5.07. The average molecular weight is 330 g/mol. The predicted molar refractivity (Wildman–Crippen MR) is 92.2 cm³/mol. The molecular formula is C16H18N4O2S. The molecule has 3 heterocycles. The van der Waals surface area contributed by atoms with Gasteiger partial charge >= 0.3 is 0 Å². The number of rotatable bonds is 3. The van der Waals surface area contributed by atoms with Gasteiger partial charge in [-0.2, -0.15) is 5.10 Å². The van der Waals surface area contributed by atoms with Gasteiger partial charge in [-0.1, -0.05) is 17.8 Å². The number of thioether (sulfide) groups is 1. The molecule has 0 spiro atoms. The maximum Gasteiger partial charge on any atom is 0.228 e. The molecule has 1 fully saturated rings. The molecule has 2 N–H and O–H groups in total. The first kappa shape index (κ1) is 14.7. The second kappa shape index (κ2) is 6.33. The lowest BCUT2D eigenvalue weighted by atomic mass is 10.1. The van der Waals surface area contributed by atoms with Gasteiger partial charge in [0, 0.05) is 18.0 Å². The number of fused-ring (bicyclic) bond motifs is 1. The number of nitrogens with zero attached hydrogens (tertiary/aromatic N) is 2. The lowest BCUT2D eigenvalue weighted by molar-refractivity contribution is -0.115. The topological polar surface area (TPSA) is 75.1 Å². The van der Waals surface area contributed by atoms with Crippen LogP contribution in [0.25, 0.3) is 0 Å². The van der Waals surface area contributed by atoms with Gasteiger partial charge < -0.3 is 10.1 Å². The van der Waals surface area contributed by atoms with Crippen LogP contribution in [0.5, 0.6) is 0 Å². The highest BCUT2D eigenvalue weighted by molar-refractivity contribution is 8.14. The van der Waals surface area contributed by atoms with Crippen molar-refractivity contribution in [1.29, 1.82) is 0 Å². The number of benzene rings is 1. The molecule has 23 heavy (non-hydrogen) atoms. The first-order valence-electron chi connectivity index (χ1n) is 7.82. The standard InChI is InChI=1S/C16H18N4O2S/c21-15-7-11-6-10(3-4-13(11)18-15)14-9-23-16(20-19-14)17-8-12-2-1-5-22-12/h3-4,6,12H,1-2,5,7-9H2,(H,17,20)(H,18,21). The normalized spacial score (nSPS) is 25.0. The summed E-state index contributed by atoms with van der Waals surface area (Å²) >= 11 is 1.65. The van der Waals surface area contributed by atoms with Gasteiger partial charge in [-0.15, -0.1) is 0 Å². The van der Waals surface area contributed by atoms with Crippen LogP contribution < -0.4 is 10.7 Å². The largest absolute Gasteiger partial charge is 0.376 e. The molecule has 3 aliphatic rings. The molecule has 3 aliphatic heterocycles. The molecule has 0 aromatic heterocycles. The number of hydrazone groups is 1. The number of anilines is 1. The van der Waals surface area contributed by atoms with E-state index in [4.69, 9.17) is 4.74 Å². The Labute approximate surface area is 138 Å². The van der Waals surface area contributed by atoms with Crippen molar-refractivity contribution in [2.24, 2.45) is 10.1 Å². The Morgan fingerprint density at radius 2 is 2.39 bits per heavy atom. The van der Waals surface area contributed by atoms with Crippen LogP contribution in [0.15, 0.2) is 28.3 Å². The Bertz CT molecular complexity index is 695. The minimum Gasteiger partial charge on any atom is -0.376 e. The maximum atomic E-state index is 11.4. The van der Waals surface area contributed by atoms with Crippen molar-refractivity contribution in [3.63, 3.8) is 0 Å². The van der Waals surface area contributed by atoms with Crippen molar-refractivity contribution in [2.75, 3.05) is 24.2 Å². The van der Waals surface area contributed by atoms with E-state index in [0.717, 1.165) is 52.9 Å². The molecular weight excluding hydrogens is 312 g/mol. The van der Waals surface area contributed by atoms with Gasteiger partial charge in [0.25, 0.3) is 0 Å². The van der Waals surface area contributed by atoms with Crippen LogP contribution in [0.3, 0.4) is 0 Å². The van der Waals surface area contributed by atoms with Gasteiger partial charge in [-0.05, 0) is 36.1 Å². The number of amides is 1. The number of hydrogen-bond donors (Lipinski definition) is 2. The third-order valence-electron chi connectivity index (χ3n) is 4.16. The van der Waals surface area contributed by atoms with Gasteiger partial charge in [-0.25, -0.2) is 0 Å². The number of nitrogens with one attached hydrogen (secondary N) is 2. The van der Waals surface area contributed by atoms with Crippen LogP contribution in [0.1, 0.15) is 24.0 Å². The van der Waals surface area contributed by atoms with Crippen molar-refractivity contribution in [3.8, 4) is 0 Å². The molecule has 1 saturated heterocycles. The lowest BCUT2D eigenvalue weighted by Crippen LogP contribution is -2.26. The molecule has 0 aliphatic carbocycles. The summed E-state index contributed by atoms with van der Waals surface area (Å²) in [5.41, 5.74) is 7.02. The molecule has 6 nitrogen and oxygen atoms in total. The number of aliphatic imine (C=N–C) groups is 1. The van der Waals surface area contributed by atoms with Crippen LogP contribution >= 0.6 is 11.8 Å². The monoisotopic (exact) mass is 330 g/mol. The summed E-state index contributed by atoms with van der Waals surface area (Å²) in [4.78, 5) is 16.0. The van der Waals surface area contributed by atoms with Crippen molar-refractivity contribution in [3.05, 3.63) is 29.3 Å². The van der Waals surface area contributed by atoms with Crippen LogP contribution in [0.2, 0.25) is 0 Å². The van der Waals surface area contributed by atoms with E-state index >= 15 is 0 Å². The van der Waals surface area contributed by atoms with Crippen molar-refractivity contribution < 1.29 is 9.53 Å². The lowest BCUT2D eigenvalue weighted by Gasteiger charge is -2.16. The highest BCUT2D eigenvalue weighted by atomic mass is 32.2. The summed E-state index contributed by atoms with van der Waals surface area (Å²) in [6, 6.07) is 5.99. The van der Waals surface area contributed by atoms with Gasteiger partial charge in [0.15, 0.2) is 5.17 Å². The van der Waals surface area contributed by atoms with Gasteiger partial charge in [-0.3, -0.25) is 15.2 Å².